The number of benzene rings is 1. The Morgan fingerprint density at radius 3 is 2.83 bits per heavy atom. The minimum Gasteiger partial charge on any atom is -0.497 e. The zero-order valence-corrected chi connectivity index (χ0v) is 14.1. The molecule has 23 heavy (non-hydrogen) atoms. The fourth-order valence-electron chi connectivity index (χ4n) is 2.04. The number of rotatable bonds is 5. The number of hydrogen-bond acceptors (Lipinski definition) is 6. The number of thiophene rings is 1. The molecule has 0 aliphatic carbocycles. The summed E-state index contributed by atoms with van der Waals surface area (Å²) in [6.07, 6.45) is 1.70. The van der Waals surface area contributed by atoms with Crippen LogP contribution in [-0.2, 0) is 11.3 Å². The molecule has 0 unspecified atom stereocenters. The Kier molecular flexibility index (Phi) is 5.09. The normalized spacial score (nSPS) is 16.7. The molecule has 2 heterocycles. The monoisotopic (exact) mass is 345 g/mol. The van der Waals surface area contributed by atoms with Crippen molar-refractivity contribution in [1.82, 2.24) is 4.90 Å². The largest absolute Gasteiger partial charge is 0.497 e. The lowest BCUT2D eigenvalue weighted by atomic mass is 10.2. The van der Waals surface area contributed by atoms with Gasteiger partial charge in [-0.2, -0.15) is 5.10 Å². The Morgan fingerprint density at radius 1 is 1.30 bits per heavy atom. The van der Waals surface area contributed by atoms with Crippen LogP contribution >= 0.6 is 23.1 Å². The van der Waals surface area contributed by atoms with Gasteiger partial charge in [0.25, 0.3) is 0 Å². The average Bonchev–Trinajstić information content (AvgIpc) is 3.20. The number of hydrogen-bond donors (Lipinski definition) is 0. The molecule has 2 aromatic rings. The first-order chi connectivity index (χ1) is 11.3. The van der Waals surface area contributed by atoms with E-state index in [1.54, 1.807) is 29.6 Å². The molecule has 1 amide bonds. The number of amidine groups is 1. The van der Waals surface area contributed by atoms with Gasteiger partial charge in [0.2, 0.25) is 5.91 Å². The molecule has 1 fully saturated rings. The van der Waals surface area contributed by atoms with Gasteiger partial charge in [-0.1, -0.05) is 30.0 Å². The molecule has 0 radical (unpaired) electrons. The van der Waals surface area contributed by atoms with Gasteiger partial charge in [-0.15, -0.1) is 16.4 Å². The molecule has 7 heteroatoms. The van der Waals surface area contributed by atoms with Gasteiger partial charge >= 0.3 is 0 Å². The van der Waals surface area contributed by atoms with Crippen LogP contribution in [0.2, 0.25) is 0 Å². The summed E-state index contributed by atoms with van der Waals surface area (Å²) in [6.45, 7) is 0.489. The highest BCUT2D eigenvalue weighted by Gasteiger charge is 2.28. The second-order valence-corrected chi connectivity index (χ2v) is 6.68. The molecule has 1 saturated heterocycles. The summed E-state index contributed by atoms with van der Waals surface area (Å²) in [5.41, 5.74) is 1.02. The van der Waals surface area contributed by atoms with Crippen LogP contribution in [0.3, 0.4) is 0 Å². The van der Waals surface area contributed by atoms with Gasteiger partial charge in [-0.25, -0.2) is 0 Å². The van der Waals surface area contributed by atoms with E-state index in [1.807, 2.05) is 41.8 Å². The molecule has 3 rings (SSSR count). The highest BCUT2D eigenvalue weighted by atomic mass is 32.2. The molecule has 0 spiro atoms. The fourth-order valence-corrected chi connectivity index (χ4v) is 3.46. The number of amides is 1. The summed E-state index contributed by atoms with van der Waals surface area (Å²) in [5.74, 6) is 1.25. The van der Waals surface area contributed by atoms with Crippen molar-refractivity contribution in [3.63, 3.8) is 0 Å². The second kappa shape index (κ2) is 7.43. The topological polar surface area (TPSA) is 54.3 Å². The van der Waals surface area contributed by atoms with Gasteiger partial charge < -0.3 is 4.74 Å². The van der Waals surface area contributed by atoms with Crippen LogP contribution in [0.5, 0.6) is 5.75 Å². The quantitative estimate of drug-likeness (QED) is 0.617. The third kappa shape index (κ3) is 4.00. The maximum absolute atomic E-state index is 12.1. The number of carbonyl (C=O) groups is 1. The molecule has 1 aromatic carbocycles. The molecular formula is C16H15N3O2S2. The first kappa shape index (κ1) is 15.8. The third-order valence-corrected chi connectivity index (χ3v) is 4.99. The van der Waals surface area contributed by atoms with Gasteiger partial charge in [0.1, 0.15) is 5.75 Å². The van der Waals surface area contributed by atoms with Crippen molar-refractivity contribution in [3.05, 3.63) is 52.2 Å². The number of carbonyl (C=O) groups excluding carboxylic acids is 1. The summed E-state index contributed by atoms with van der Waals surface area (Å²) in [6, 6.07) is 11.6. The lowest BCUT2D eigenvalue weighted by Crippen LogP contribution is -2.28. The van der Waals surface area contributed by atoms with Crippen molar-refractivity contribution in [1.29, 1.82) is 0 Å². The minimum atomic E-state index is 0.0518. The Labute approximate surface area is 142 Å². The van der Waals surface area contributed by atoms with E-state index < -0.39 is 0 Å². The van der Waals surface area contributed by atoms with E-state index >= 15 is 0 Å². The van der Waals surface area contributed by atoms with Crippen molar-refractivity contribution < 1.29 is 9.53 Å². The van der Waals surface area contributed by atoms with E-state index in [0.29, 0.717) is 17.5 Å². The predicted molar refractivity (Wildman–Crippen MR) is 95.4 cm³/mol. The van der Waals surface area contributed by atoms with Gasteiger partial charge in [0.15, 0.2) is 5.17 Å². The van der Waals surface area contributed by atoms with E-state index in [4.69, 9.17) is 4.74 Å². The van der Waals surface area contributed by atoms with E-state index in [1.165, 1.54) is 11.8 Å². The summed E-state index contributed by atoms with van der Waals surface area (Å²) in [7, 11) is 1.63. The van der Waals surface area contributed by atoms with Crippen LogP contribution < -0.4 is 4.74 Å². The Morgan fingerprint density at radius 2 is 2.13 bits per heavy atom. The van der Waals surface area contributed by atoms with Gasteiger partial charge in [0.05, 0.1) is 25.6 Å². The maximum atomic E-state index is 12.1. The van der Waals surface area contributed by atoms with Crippen LogP contribution in [0.25, 0.3) is 0 Å². The smallest absolute Gasteiger partial charge is 0.239 e. The molecule has 0 N–H and O–H groups in total. The summed E-state index contributed by atoms with van der Waals surface area (Å²) < 4.78 is 5.14. The molecule has 0 saturated carbocycles. The van der Waals surface area contributed by atoms with Gasteiger partial charge in [-0.3, -0.25) is 9.69 Å². The first-order valence-electron chi connectivity index (χ1n) is 6.97. The summed E-state index contributed by atoms with van der Waals surface area (Å²) >= 11 is 3.01. The molecule has 1 aliphatic heterocycles. The van der Waals surface area contributed by atoms with Crippen molar-refractivity contribution in [2.75, 3.05) is 12.9 Å². The van der Waals surface area contributed by atoms with Crippen LogP contribution in [-0.4, -0.2) is 35.1 Å². The number of thioether (sulfide) groups is 1. The lowest BCUT2D eigenvalue weighted by molar-refractivity contribution is -0.124. The van der Waals surface area contributed by atoms with E-state index in [0.717, 1.165) is 16.2 Å². The number of methoxy groups -OCH3 is 1. The number of nitrogens with zero attached hydrogens (tertiary/aromatic N) is 3. The van der Waals surface area contributed by atoms with Crippen molar-refractivity contribution >= 4 is 40.4 Å². The summed E-state index contributed by atoms with van der Waals surface area (Å²) in [4.78, 5) is 14.8. The van der Waals surface area contributed by atoms with E-state index in [-0.39, 0.29) is 5.91 Å². The fraction of sp³-hybridized carbons (Fsp3) is 0.188. The van der Waals surface area contributed by atoms with Gasteiger partial charge in [0, 0.05) is 4.88 Å². The number of ether oxygens (including phenoxy) is 1. The minimum absolute atomic E-state index is 0.0518. The molecule has 1 aliphatic rings. The molecule has 0 atom stereocenters. The van der Waals surface area contributed by atoms with Crippen molar-refractivity contribution in [3.8, 4) is 5.75 Å². The van der Waals surface area contributed by atoms with Crippen molar-refractivity contribution in [2.45, 2.75) is 6.54 Å². The molecule has 118 valence electrons. The second-order valence-electron chi connectivity index (χ2n) is 4.76. The standard InChI is InChI=1S/C16H15N3O2S2/c1-21-13-6-4-12(5-7-13)10-19-15(20)11-23-16(19)18-17-9-14-3-2-8-22-14/h2-9H,10-11H2,1H3/b17-9+,18-16-. The third-order valence-electron chi connectivity index (χ3n) is 3.23. The molecule has 5 nitrogen and oxygen atoms in total. The highest BCUT2D eigenvalue weighted by Crippen LogP contribution is 2.23. The maximum Gasteiger partial charge on any atom is 0.239 e. The van der Waals surface area contributed by atoms with Crippen LogP contribution in [0, 0.1) is 0 Å². The summed E-state index contributed by atoms with van der Waals surface area (Å²) in [5, 5.41) is 10.9. The Balaban J connectivity index is 1.71. The van der Waals surface area contributed by atoms with E-state index in [2.05, 4.69) is 10.2 Å². The van der Waals surface area contributed by atoms with Crippen LogP contribution in [0.1, 0.15) is 10.4 Å². The van der Waals surface area contributed by atoms with Gasteiger partial charge in [-0.05, 0) is 29.1 Å². The van der Waals surface area contributed by atoms with Crippen LogP contribution in [0.4, 0.5) is 0 Å². The Hall–Kier alpha value is -2.12. The SMILES string of the molecule is COc1ccc(CN2C(=O)CS/C2=N\N=C\c2cccs2)cc1. The zero-order valence-electron chi connectivity index (χ0n) is 12.5. The van der Waals surface area contributed by atoms with E-state index in [9.17, 15) is 4.79 Å². The lowest BCUT2D eigenvalue weighted by Gasteiger charge is -2.15. The highest BCUT2D eigenvalue weighted by molar-refractivity contribution is 8.15. The molecule has 0 bridgehead atoms. The van der Waals surface area contributed by atoms with Crippen molar-refractivity contribution in [2.24, 2.45) is 10.2 Å². The predicted octanol–water partition coefficient (Wildman–Crippen LogP) is 3.22. The Bertz CT molecular complexity index is 724. The zero-order chi connectivity index (χ0) is 16.1. The molecule has 1 aromatic heterocycles. The molecular weight excluding hydrogens is 330 g/mol. The average molecular weight is 345 g/mol. The van der Waals surface area contributed by atoms with Crippen LogP contribution in [0.15, 0.2) is 52.0 Å². The first-order valence-corrected chi connectivity index (χ1v) is 8.83.